The Kier molecular flexibility index (Phi) is 14.9. The van der Waals surface area contributed by atoms with E-state index in [1.54, 1.807) is 0 Å². The summed E-state index contributed by atoms with van der Waals surface area (Å²) in [5, 5.41) is 9.80. The monoisotopic (exact) mass is 297 g/mol. The molecule has 124 valence electrons. The summed E-state index contributed by atoms with van der Waals surface area (Å²) >= 11 is 0. The summed E-state index contributed by atoms with van der Waals surface area (Å²) in [7, 11) is 0. The molecule has 0 saturated carbocycles. The van der Waals surface area contributed by atoms with Gasteiger partial charge in [-0.15, -0.1) is 0 Å². The fraction of sp³-hybridized carbons (Fsp3) is 0.833. The average Bonchev–Trinajstić information content (AvgIpc) is 2.45. The van der Waals surface area contributed by atoms with Crippen molar-refractivity contribution in [1.29, 1.82) is 0 Å². The van der Waals surface area contributed by atoms with Crippen LogP contribution in [0.2, 0.25) is 0 Å². The topological polar surface area (TPSA) is 63.3 Å². The maximum atomic E-state index is 10.6. The van der Waals surface area contributed by atoms with Crippen molar-refractivity contribution in [2.45, 2.75) is 96.5 Å². The van der Waals surface area contributed by atoms with Crippen LogP contribution in [0.4, 0.5) is 0 Å². The van der Waals surface area contributed by atoms with E-state index in [-0.39, 0.29) is 12.0 Å². The molecule has 0 bridgehead atoms. The first kappa shape index (κ1) is 20.2. The highest BCUT2D eigenvalue weighted by atomic mass is 16.3. The van der Waals surface area contributed by atoms with Gasteiger partial charge in [0.25, 0.3) is 0 Å². The molecule has 1 amide bonds. The standard InChI is InChI=1S/C18H35NO2/c1-2-3-4-11-14-17(20)15-12-9-7-5-6-8-10-13-16-18(19)21/h9,12,17,20H,2-8,10-11,13-16H2,1H3,(H2,19,21)/b12-9+/t17-/m1/s1. The summed E-state index contributed by atoms with van der Waals surface area (Å²) in [4.78, 5) is 10.6. The van der Waals surface area contributed by atoms with Crippen molar-refractivity contribution >= 4 is 5.91 Å². The molecule has 0 aliphatic carbocycles. The molecule has 0 aromatic rings. The van der Waals surface area contributed by atoms with Crippen LogP contribution in [0, 0.1) is 0 Å². The molecule has 3 nitrogen and oxygen atoms in total. The Morgan fingerprint density at radius 3 is 2.38 bits per heavy atom. The minimum Gasteiger partial charge on any atom is -0.393 e. The first-order chi connectivity index (χ1) is 10.2. The maximum Gasteiger partial charge on any atom is 0.217 e. The van der Waals surface area contributed by atoms with Gasteiger partial charge in [-0.25, -0.2) is 0 Å². The zero-order valence-electron chi connectivity index (χ0n) is 13.9. The Balaban J connectivity index is 3.26. The lowest BCUT2D eigenvalue weighted by molar-refractivity contribution is -0.118. The lowest BCUT2D eigenvalue weighted by atomic mass is 10.1. The zero-order valence-corrected chi connectivity index (χ0v) is 13.9. The molecule has 0 rings (SSSR count). The van der Waals surface area contributed by atoms with Gasteiger partial charge in [0.2, 0.25) is 5.91 Å². The van der Waals surface area contributed by atoms with E-state index >= 15 is 0 Å². The minimum absolute atomic E-state index is 0.160. The van der Waals surface area contributed by atoms with Gasteiger partial charge in [0, 0.05) is 6.42 Å². The predicted molar refractivity (Wildman–Crippen MR) is 90.0 cm³/mol. The molecule has 0 fully saturated rings. The quantitative estimate of drug-likeness (QED) is 0.346. The molecule has 0 unspecified atom stereocenters. The Hall–Kier alpha value is -0.830. The molecule has 3 heteroatoms. The first-order valence-corrected chi connectivity index (χ1v) is 8.78. The van der Waals surface area contributed by atoms with Crippen molar-refractivity contribution < 1.29 is 9.90 Å². The summed E-state index contributed by atoms with van der Waals surface area (Å²) in [5.41, 5.74) is 5.09. The zero-order chi connectivity index (χ0) is 15.8. The van der Waals surface area contributed by atoms with Gasteiger partial charge in [-0.1, -0.05) is 64.0 Å². The van der Waals surface area contributed by atoms with Crippen molar-refractivity contribution in [2.75, 3.05) is 0 Å². The molecule has 21 heavy (non-hydrogen) atoms. The van der Waals surface area contributed by atoms with Gasteiger partial charge in [-0.3, -0.25) is 4.79 Å². The van der Waals surface area contributed by atoms with E-state index in [9.17, 15) is 9.90 Å². The molecular formula is C18H35NO2. The van der Waals surface area contributed by atoms with Gasteiger partial charge >= 0.3 is 0 Å². The van der Waals surface area contributed by atoms with Crippen molar-refractivity contribution in [2.24, 2.45) is 5.73 Å². The number of nitrogens with two attached hydrogens (primary N) is 1. The fourth-order valence-corrected chi connectivity index (χ4v) is 2.39. The SMILES string of the molecule is CCCCCC[C@@H](O)C/C=C/CCCCCCCC(N)=O. The molecule has 3 N–H and O–H groups in total. The molecular weight excluding hydrogens is 262 g/mol. The third kappa shape index (κ3) is 17.1. The number of hydrogen-bond acceptors (Lipinski definition) is 2. The Morgan fingerprint density at radius 1 is 1.00 bits per heavy atom. The van der Waals surface area contributed by atoms with Crippen LogP contribution in [0.1, 0.15) is 90.4 Å². The number of aliphatic hydroxyl groups excluding tert-OH is 1. The highest BCUT2D eigenvalue weighted by molar-refractivity contribution is 5.73. The van der Waals surface area contributed by atoms with E-state index in [4.69, 9.17) is 5.73 Å². The second-order valence-corrected chi connectivity index (χ2v) is 5.98. The maximum absolute atomic E-state index is 10.6. The van der Waals surface area contributed by atoms with E-state index in [2.05, 4.69) is 19.1 Å². The van der Waals surface area contributed by atoms with Gasteiger partial charge in [-0.05, 0) is 32.1 Å². The Labute approximate surface area is 131 Å². The molecule has 0 radical (unpaired) electrons. The Morgan fingerprint density at radius 2 is 1.67 bits per heavy atom. The van der Waals surface area contributed by atoms with Crippen LogP contribution in [0.25, 0.3) is 0 Å². The summed E-state index contributed by atoms with van der Waals surface area (Å²) in [6, 6.07) is 0. The highest BCUT2D eigenvalue weighted by Crippen LogP contribution is 2.10. The van der Waals surface area contributed by atoms with Gasteiger partial charge in [-0.2, -0.15) is 0 Å². The van der Waals surface area contributed by atoms with Crippen molar-refractivity contribution in [3.05, 3.63) is 12.2 Å². The summed E-state index contributed by atoms with van der Waals surface area (Å²) in [5.74, 6) is -0.189. The molecule has 0 aromatic heterocycles. The Bertz CT molecular complexity index is 264. The number of rotatable bonds is 15. The number of unbranched alkanes of at least 4 members (excludes halogenated alkanes) is 8. The van der Waals surface area contributed by atoms with Crippen LogP contribution in [0.5, 0.6) is 0 Å². The summed E-state index contributed by atoms with van der Waals surface area (Å²) in [6.45, 7) is 2.21. The summed E-state index contributed by atoms with van der Waals surface area (Å²) in [6.07, 6.45) is 18.0. The lowest BCUT2D eigenvalue weighted by Crippen LogP contribution is -2.09. The minimum atomic E-state index is -0.189. The van der Waals surface area contributed by atoms with Crippen LogP contribution in [-0.4, -0.2) is 17.1 Å². The van der Waals surface area contributed by atoms with Crippen LogP contribution >= 0.6 is 0 Å². The number of carbonyl (C=O) groups is 1. The van der Waals surface area contributed by atoms with Crippen LogP contribution in [0.3, 0.4) is 0 Å². The smallest absolute Gasteiger partial charge is 0.217 e. The fourth-order valence-electron chi connectivity index (χ4n) is 2.39. The van der Waals surface area contributed by atoms with Crippen LogP contribution in [-0.2, 0) is 4.79 Å². The third-order valence-electron chi connectivity index (χ3n) is 3.76. The van der Waals surface area contributed by atoms with Gasteiger partial charge in [0.1, 0.15) is 0 Å². The molecule has 0 aliphatic rings. The predicted octanol–water partition coefficient (Wildman–Crippen LogP) is 4.48. The number of hydrogen-bond donors (Lipinski definition) is 2. The summed E-state index contributed by atoms with van der Waals surface area (Å²) < 4.78 is 0. The number of carbonyl (C=O) groups excluding carboxylic acids is 1. The van der Waals surface area contributed by atoms with E-state index in [1.807, 2.05) is 0 Å². The van der Waals surface area contributed by atoms with E-state index in [1.165, 1.54) is 38.5 Å². The van der Waals surface area contributed by atoms with E-state index in [0.717, 1.165) is 38.5 Å². The van der Waals surface area contributed by atoms with E-state index < -0.39 is 0 Å². The number of primary amides is 1. The molecule has 0 spiro atoms. The second-order valence-electron chi connectivity index (χ2n) is 5.98. The first-order valence-electron chi connectivity index (χ1n) is 8.78. The molecule has 1 atom stereocenters. The molecule has 0 aromatic carbocycles. The average molecular weight is 297 g/mol. The van der Waals surface area contributed by atoms with Gasteiger partial charge < -0.3 is 10.8 Å². The number of allylic oxidation sites excluding steroid dienone is 1. The molecule has 0 heterocycles. The van der Waals surface area contributed by atoms with Crippen molar-refractivity contribution in [3.8, 4) is 0 Å². The molecule has 0 aliphatic heterocycles. The second kappa shape index (κ2) is 15.6. The van der Waals surface area contributed by atoms with E-state index in [0.29, 0.717) is 6.42 Å². The molecule has 0 saturated heterocycles. The number of aliphatic hydroxyl groups is 1. The van der Waals surface area contributed by atoms with Crippen LogP contribution in [0.15, 0.2) is 12.2 Å². The van der Waals surface area contributed by atoms with Crippen molar-refractivity contribution in [1.82, 2.24) is 0 Å². The number of amides is 1. The largest absolute Gasteiger partial charge is 0.393 e. The van der Waals surface area contributed by atoms with Gasteiger partial charge in [0.15, 0.2) is 0 Å². The normalized spacial score (nSPS) is 12.9. The highest BCUT2D eigenvalue weighted by Gasteiger charge is 2.00. The van der Waals surface area contributed by atoms with Crippen LogP contribution < -0.4 is 5.73 Å². The third-order valence-corrected chi connectivity index (χ3v) is 3.76. The van der Waals surface area contributed by atoms with Crippen molar-refractivity contribution in [3.63, 3.8) is 0 Å². The lowest BCUT2D eigenvalue weighted by Gasteiger charge is -2.07. The van der Waals surface area contributed by atoms with Gasteiger partial charge in [0.05, 0.1) is 6.10 Å².